The summed E-state index contributed by atoms with van der Waals surface area (Å²) >= 11 is 0. The number of rotatable bonds is 12. The Balaban J connectivity index is 0.00000139. The fourth-order valence-corrected chi connectivity index (χ4v) is 4.39. The van der Waals surface area contributed by atoms with Gasteiger partial charge < -0.3 is 11.2 Å². The smallest absolute Gasteiger partial charge is 0.273 e. The molecule has 1 unspecified atom stereocenters. The number of aliphatic imine (C=N–C) groups is 1. The standard InChI is InChI=1S/C28H37N5O.C5H12/c1-6-8-19(3)10-12-22(9-7-2)21(5)31-18-27(33-30)28(34)32-25-15-24(16-25)26-14-20(4)11-13-23(26)17-29;1-3-5-4-2/h7,9-14,18,21,24-25H,6,8,15-16,30H2,1-5H3,(H,32,34);3-5H2,1-2H3/b9-7-,19-10+,22-12+,31-18?,33-27+;. The van der Waals surface area contributed by atoms with Crippen LogP contribution in [0.25, 0.3) is 0 Å². The number of aryl methyl sites for hydroxylation is 1. The third kappa shape index (κ3) is 11.9. The Morgan fingerprint density at radius 3 is 2.44 bits per heavy atom. The number of nitrogens with one attached hydrogen (secondary N) is 1. The summed E-state index contributed by atoms with van der Waals surface area (Å²) in [6, 6.07) is 8.03. The topological polar surface area (TPSA) is 104 Å². The highest BCUT2D eigenvalue weighted by atomic mass is 16.2. The number of hydrogen-bond donors (Lipinski definition) is 2. The average Bonchev–Trinajstić information content (AvgIpc) is 2.89. The van der Waals surface area contributed by atoms with Crippen LogP contribution in [0.5, 0.6) is 0 Å². The van der Waals surface area contributed by atoms with Gasteiger partial charge in [-0.05, 0) is 70.1 Å². The summed E-state index contributed by atoms with van der Waals surface area (Å²) in [5.41, 5.74) is 5.35. The van der Waals surface area contributed by atoms with E-state index in [-0.39, 0.29) is 29.6 Å². The number of amides is 1. The number of carbonyl (C=O) groups excluding carboxylic acids is 1. The Morgan fingerprint density at radius 2 is 1.90 bits per heavy atom. The van der Waals surface area contributed by atoms with Gasteiger partial charge in [-0.1, -0.05) is 94.0 Å². The van der Waals surface area contributed by atoms with Gasteiger partial charge in [-0.25, -0.2) is 0 Å². The van der Waals surface area contributed by atoms with Gasteiger partial charge in [0, 0.05) is 6.04 Å². The van der Waals surface area contributed by atoms with Gasteiger partial charge in [0.25, 0.3) is 5.91 Å². The molecule has 0 bridgehead atoms. The van der Waals surface area contributed by atoms with Crippen LogP contribution in [0.15, 0.2) is 63.7 Å². The molecule has 1 fully saturated rings. The molecule has 39 heavy (non-hydrogen) atoms. The van der Waals surface area contributed by atoms with E-state index in [9.17, 15) is 10.1 Å². The summed E-state index contributed by atoms with van der Waals surface area (Å²) in [4.78, 5) is 17.2. The molecule has 1 aromatic rings. The summed E-state index contributed by atoms with van der Waals surface area (Å²) in [6.07, 6.45) is 17.5. The predicted octanol–water partition coefficient (Wildman–Crippen LogP) is 7.45. The number of hydrogen-bond acceptors (Lipinski definition) is 5. The van der Waals surface area contributed by atoms with Gasteiger partial charge >= 0.3 is 0 Å². The maximum atomic E-state index is 12.7. The Labute approximate surface area is 236 Å². The van der Waals surface area contributed by atoms with E-state index in [2.05, 4.69) is 67.4 Å². The molecule has 0 saturated heterocycles. The van der Waals surface area contributed by atoms with Gasteiger partial charge in [-0.3, -0.25) is 9.79 Å². The molecule has 0 aliphatic heterocycles. The fraction of sp³-hybridized carbons (Fsp3) is 0.515. The molecule has 0 radical (unpaired) electrons. The van der Waals surface area contributed by atoms with Gasteiger partial charge in [-0.2, -0.15) is 10.4 Å². The number of nitrogens with zero attached hydrogens (tertiary/aromatic N) is 3. The number of carbonyl (C=O) groups is 1. The minimum atomic E-state index is -0.332. The lowest BCUT2D eigenvalue weighted by molar-refractivity contribution is -0.115. The molecule has 1 aliphatic rings. The zero-order chi connectivity index (χ0) is 29.2. The van der Waals surface area contributed by atoms with Crippen molar-refractivity contribution in [3.63, 3.8) is 0 Å². The van der Waals surface area contributed by atoms with E-state index in [0.29, 0.717) is 5.56 Å². The second-order valence-corrected chi connectivity index (χ2v) is 10.3. The SMILES string of the molecule is CCCCC.C\C=C/C(=C\C=C(/C)CCC)C(C)N=C/C(=N\N)C(=O)NC1CC(c2cc(C)ccc2C#N)C1. The van der Waals surface area contributed by atoms with Crippen molar-refractivity contribution < 1.29 is 4.79 Å². The summed E-state index contributed by atoms with van der Waals surface area (Å²) in [5.74, 6) is 5.43. The number of benzene rings is 1. The van der Waals surface area contributed by atoms with Crippen LogP contribution in [-0.2, 0) is 4.79 Å². The lowest BCUT2D eigenvalue weighted by Gasteiger charge is -2.36. The van der Waals surface area contributed by atoms with E-state index in [0.717, 1.165) is 42.4 Å². The number of hydrazone groups is 1. The van der Waals surface area contributed by atoms with Crippen LogP contribution in [0.2, 0.25) is 0 Å². The molecule has 0 spiro atoms. The monoisotopic (exact) mass is 531 g/mol. The minimum Gasteiger partial charge on any atom is -0.348 e. The molecule has 0 heterocycles. The molecule has 212 valence electrons. The van der Waals surface area contributed by atoms with E-state index < -0.39 is 0 Å². The Bertz CT molecular complexity index is 1100. The molecule has 6 nitrogen and oxygen atoms in total. The van der Waals surface area contributed by atoms with Gasteiger partial charge in [0.2, 0.25) is 0 Å². The normalized spacial score (nSPS) is 18.8. The van der Waals surface area contributed by atoms with Crippen LogP contribution in [0.4, 0.5) is 0 Å². The first-order valence-electron chi connectivity index (χ1n) is 14.4. The number of nitrogens with two attached hydrogens (primary N) is 1. The molecule has 0 aromatic heterocycles. The van der Waals surface area contributed by atoms with Gasteiger partial charge in [0.15, 0.2) is 5.71 Å². The van der Waals surface area contributed by atoms with Crippen LogP contribution < -0.4 is 11.2 Å². The van der Waals surface area contributed by atoms with Crippen LogP contribution >= 0.6 is 0 Å². The van der Waals surface area contributed by atoms with E-state index >= 15 is 0 Å². The van der Waals surface area contributed by atoms with Crippen LogP contribution in [-0.4, -0.2) is 29.9 Å². The van der Waals surface area contributed by atoms with Crippen molar-refractivity contribution in [3.05, 3.63) is 70.3 Å². The highest BCUT2D eigenvalue weighted by Gasteiger charge is 2.33. The van der Waals surface area contributed by atoms with E-state index in [1.165, 1.54) is 31.1 Å². The van der Waals surface area contributed by atoms with Crippen molar-refractivity contribution in [2.45, 2.75) is 111 Å². The van der Waals surface area contributed by atoms with Crippen molar-refractivity contribution in [1.29, 1.82) is 5.26 Å². The quantitative estimate of drug-likeness (QED) is 0.127. The largest absolute Gasteiger partial charge is 0.348 e. The van der Waals surface area contributed by atoms with Crippen LogP contribution in [0.1, 0.15) is 109 Å². The number of nitriles is 1. The molecular formula is C33H49N5O. The van der Waals surface area contributed by atoms with Crippen LogP contribution in [0.3, 0.4) is 0 Å². The molecule has 1 amide bonds. The zero-order valence-electron chi connectivity index (χ0n) is 25.1. The van der Waals surface area contributed by atoms with Crippen LogP contribution in [0, 0.1) is 18.3 Å². The number of allylic oxidation sites excluding steroid dienone is 4. The molecule has 2 rings (SSSR count). The third-order valence-electron chi connectivity index (χ3n) is 6.79. The van der Waals surface area contributed by atoms with Crippen molar-refractivity contribution in [1.82, 2.24) is 5.32 Å². The molecule has 6 heteroatoms. The summed E-state index contributed by atoms with van der Waals surface area (Å²) < 4.78 is 0. The molecule has 1 aliphatic carbocycles. The zero-order valence-corrected chi connectivity index (χ0v) is 25.1. The van der Waals surface area contributed by atoms with E-state index in [4.69, 9.17) is 5.84 Å². The maximum Gasteiger partial charge on any atom is 0.273 e. The van der Waals surface area contributed by atoms with Crippen molar-refractivity contribution in [2.24, 2.45) is 15.9 Å². The number of unbranched alkanes of at least 4 members (excludes halogenated alkanes) is 2. The molecule has 1 aromatic carbocycles. The molecular weight excluding hydrogens is 482 g/mol. The van der Waals surface area contributed by atoms with Crippen molar-refractivity contribution in [3.8, 4) is 6.07 Å². The lowest BCUT2D eigenvalue weighted by Crippen LogP contribution is -2.46. The predicted molar refractivity (Wildman–Crippen MR) is 166 cm³/mol. The second-order valence-electron chi connectivity index (χ2n) is 10.3. The molecule has 1 saturated carbocycles. The summed E-state index contributed by atoms with van der Waals surface area (Å²) in [7, 11) is 0. The van der Waals surface area contributed by atoms with Crippen molar-refractivity contribution in [2.75, 3.05) is 0 Å². The highest BCUT2D eigenvalue weighted by Crippen LogP contribution is 2.38. The van der Waals surface area contributed by atoms with Crippen molar-refractivity contribution >= 4 is 17.8 Å². The first-order chi connectivity index (χ1) is 18.7. The third-order valence-corrected chi connectivity index (χ3v) is 6.79. The fourth-order valence-electron chi connectivity index (χ4n) is 4.39. The molecule has 3 N–H and O–H groups in total. The molecule has 1 atom stereocenters. The van der Waals surface area contributed by atoms with E-state index in [1.54, 1.807) is 0 Å². The Kier molecular flexibility index (Phi) is 16.1. The Morgan fingerprint density at radius 1 is 1.21 bits per heavy atom. The first kappa shape index (κ1) is 33.6. The first-order valence-corrected chi connectivity index (χ1v) is 14.4. The van der Waals surface area contributed by atoms with Gasteiger partial charge in [0.1, 0.15) is 0 Å². The maximum absolute atomic E-state index is 12.7. The summed E-state index contributed by atoms with van der Waals surface area (Å²) in [5, 5.41) is 16.0. The second kappa shape index (κ2) is 18.7. The highest BCUT2D eigenvalue weighted by molar-refractivity contribution is 6.60. The van der Waals surface area contributed by atoms with E-state index in [1.807, 2.05) is 45.1 Å². The minimum absolute atomic E-state index is 0.0253. The Hall–Kier alpha value is -3.46. The lowest BCUT2D eigenvalue weighted by atomic mass is 9.74. The average molecular weight is 532 g/mol. The van der Waals surface area contributed by atoms with Gasteiger partial charge in [0.05, 0.1) is 23.9 Å². The summed E-state index contributed by atoms with van der Waals surface area (Å²) in [6.45, 7) is 14.7. The van der Waals surface area contributed by atoms with Gasteiger partial charge in [-0.15, -0.1) is 0 Å².